The van der Waals surface area contributed by atoms with Crippen LogP contribution in [-0.2, 0) is 19.3 Å². The van der Waals surface area contributed by atoms with Gasteiger partial charge < -0.3 is 15.4 Å². The van der Waals surface area contributed by atoms with Gasteiger partial charge in [0.15, 0.2) is 5.96 Å². The monoisotopic (exact) mass is 392 g/mol. The summed E-state index contributed by atoms with van der Waals surface area (Å²) in [5, 5.41) is 6.23. The maximum Gasteiger partial charge on any atom is 0.416 e. The maximum atomic E-state index is 12.6. The first-order valence-electron chi connectivity index (χ1n) is 9.12. The van der Waals surface area contributed by atoms with Crippen molar-refractivity contribution < 1.29 is 17.9 Å². The normalized spacial score (nSPS) is 14.6. The number of ether oxygens (including phenoxy) is 1. The van der Waals surface area contributed by atoms with Crippen LogP contribution >= 0.6 is 0 Å². The Morgan fingerprint density at radius 2 is 1.71 bits per heavy atom. The molecule has 0 aliphatic heterocycles. The highest BCUT2D eigenvalue weighted by Gasteiger charge is 2.29. The SMILES string of the molecule is CN=C(NCc1ccc(C(F)(F)F)cc1)NCc1ccc(OCC2CC2)nc1. The Kier molecular flexibility index (Phi) is 6.38. The molecule has 0 spiro atoms. The Hall–Kier alpha value is -2.77. The van der Waals surface area contributed by atoms with Gasteiger partial charge in [-0.3, -0.25) is 4.99 Å². The second-order valence-electron chi connectivity index (χ2n) is 6.73. The molecule has 1 heterocycles. The van der Waals surface area contributed by atoms with Crippen molar-refractivity contribution in [3.8, 4) is 5.88 Å². The molecule has 0 radical (unpaired) electrons. The number of aromatic nitrogens is 1. The molecule has 1 saturated carbocycles. The molecule has 150 valence electrons. The molecular weight excluding hydrogens is 369 g/mol. The van der Waals surface area contributed by atoms with Crippen molar-refractivity contribution in [2.45, 2.75) is 32.1 Å². The Labute approximate surface area is 162 Å². The van der Waals surface area contributed by atoms with Crippen molar-refractivity contribution in [1.29, 1.82) is 0 Å². The van der Waals surface area contributed by atoms with E-state index in [1.807, 2.05) is 12.1 Å². The largest absolute Gasteiger partial charge is 0.477 e. The van der Waals surface area contributed by atoms with Gasteiger partial charge in [-0.2, -0.15) is 13.2 Å². The molecule has 2 aromatic rings. The van der Waals surface area contributed by atoms with Gasteiger partial charge >= 0.3 is 6.18 Å². The maximum absolute atomic E-state index is 12.6. The van der Waals surface area contributed by atoms with E-state index in [4.69, 9.17) is 4.74 Å². The minimum absolute atomic E-state index is 0.365. The smallest absolute Gasteiger partial charge is 0.416 e. The lowest BCUT2D eigenvalue weighted by Crippen LogP contribution is -2.36. The van der Waals surface area contributed by atoms with E-state index >= 15 is 0 Å². The zero-order valence-corrected chi connectivity index (χ0v) is 15.6. The predicted octanol–water partition coefficient (Wildman–Crippen LogP) is 3.75. The standard InChI is InChI=1S/C20H23F3N4O/c1-24-19(26-10-14-4-7-17(8-5-14)20(21,22)23)27-12-16-6-9-18(25-11-16)28-13-15-2-3-15/h4-9,11,15H,2-3,10,12-13H2,1H3,(H2,24,26,27). The zero-order valence-electron chi connectivity index (χ0n) is 15.6. The summed E-state index contributed by atoms with van der Waals surface area (Å²) in [5.41, 5.74) is 1.04. The van der Waals surface area contributed by atoms with E-state index in [1.165, 1.54) is 25.0 Å². The Bertz CT molecular complexity index is 785. The highest BCUT2D eigenvalue weighted by Crippen LogP contribution is 2.29. The molecule has 3 rings (SSSR count). The molecule has 0 amide bonds. The van der Waals surface area contributed by atoms with Crippen LogP contribution in [0, 0.1) is 5.92 Å². The van der Waals surface area contributed by atoms with Gasteiger partial charge in [0.05, 0.1) is 12.2 Å². The van der Waals surface area contributed by atoms with Crippen molar-refractivity contribution in [2.24, 2.45) is 10.9 Å². The van der Waals surface area contributed by atoms with Crippen LogP contribution in [0.15, 0.2) is 47.6 Å². The molecule has 1 aliphatic rings. The summed E-state index contributed by atoms with van der Waals surface area (Å²) in [5.74, 6) is 1.86. The van der Waals surface area contributed by atoms with E-state index in [0.29, 0.717) is 30.8 Å². The molecule has 0 saturated heterocycles. The first-order valence-corrected chi connectivity index (χ1v) is 9.12. The Balaban J connectivity index is 1.44. The Morgan fingerprint density at radius 3 is 2.25 bits per heavy atom. The first kappa shape index (κ1) is 20.0. The van der Waals surface area contributed by atoms with E-state index < -0.39 is 11.7 Å². The summed E-state index contributed by atoms with van der Waals surface area (Å²) >= 11 is 0. The highest BCUT2D eigenvalue weighted by molar-refractivity contribution is 5.79. The number of hydrogen-bond donors (Lipinski definition) is 2. The molecule has 2 N–H and O–H groups in total. The van der Waals surface area contributed by atoms with Crippen molar-refractivity contribution in [3.63, 3.8) is 0 Å². The van der Waals surface area contributed by atoms with Gasteiger partial charge in [-0.1, -0.05) is 18.2 Å². The fourth-order valence-electron chi connectivity index (χ4n) is 2.49. The number of nitrogens with one attached hydrogen (secondary N) is 2. The molecule has 1 fully saturated rings. The number of hydrogen-bond acceptors (Lipinski definition) is 3. The minimum Gasteiger partial charge on any atom is -0.477 e. The van der Waals surface area contributed by atoms with Gasteiger partial charge in [0.1, 0.15) is 0 Å². The molecule has 0 unspecified atom stereocenters. The lowest BCUT2D eigenvalue weighted by molar-refractivity contribution is -0.137. The van der Waals surface area contributed by atoms with Gasteiger partial charge in [-0.25, -0.2) is 4.98 Å². The van der Waals surface area contributed by atoms with Gasteiger partial charge in [0.25, 0.3) is 0 Å². The van der Waals surface area contributed by atoms with Gasteiger partial charge in [-0.15, -0.1) is 0 Å². The van der Waals surface area contributed by atoms with Crippen molar-refractivity contribution in [2.75, 3.05) is 13.7 Å². The zero-order chi connectivity index (χ0) is 20.0. The van der Waals surface area contributed by atoms with Crippen LogP contribution in [0.5, 0.6) is 5.88 Å². The highest BCUT2D eigenvalue weighted by atomic mass is 19.4. The average Bonchev–Trinajstić information content (AvgIpc) is 3.51. The van der Waals surface area contributed by atoms with E-state index in [-0.39, 0.29) is 0 Å². The Morgan fingerprint density at radius 1 is 1.07 bits per heavy atom. The van der Waals surface area contributed by atoms with E-state index in [0.717, 1.165) is 29.9 Å². The lowest BCUT2D eigenvalue weighted by Gasteiger charge is -2.13. The molecular formula is C20H23F3N4O. The second kappa shape index (κ2) is 8.95. The van der Waals surface area contributed by atoms with Gasteiger partial charge in [0.2, 0.25) is 5.88 Å². The predicted molar refractivity (Wildman–Crippen MR) is 101 cm³/mol. The summed E-state index contributed by atoms with van der Waals surface area (Å²) in [6.45, 7) is 1.61. The fourth-order valence-corrected chi connectivity index (χ4v) is 2.49. The van der Waals surface area contributed by atoms with Crippen LogP contribution in [0.4, 0.5) is 13.2 Å². The summed E-state index contributed by atoms with van der Waals surface area (Å²) in [6.07, 6.45) is -0.102. The number of nitrogens with zero attached hydrogens (tertiary/aromatic N) is 2. The van der Waals surface area contributed by atoms with Crippen LogP contribution in [0.3, 0.4) is 0 Å². The molecule has 0 bridgehead atoms. The molecule has 1 aromatic carbocycles. The number of alkyl halides is 3. The summed E-state index contributed by atoms with van der Waals surface area (Å²) in [7, 11) is 1.63. The number of rotatable bonds is 7. The van der Waals surface area contributed by atoms with Crippen LogP contribution in [0.2, 0.25) is 0 Å². The van der Waals surface area contributed by atoms with Crippen molar-refractivity contribution in [3.05, 3.63) is 59.3 Å². The second-order valence-corrected chi connectivity index (χ2v) is 6.73. The molecule has 0 atom stereocenters. The van der Waals surface area contributed by atoms with Crippen molar-refractivity contribution in [1.82, 2.24) is 15.6 Å². The van der Waals surface area contributed by atoms with Crippen LogP contribution in [-0.4, -0.2) is 24.6 Å². The van der Waals surface area contributed by atoms with Crippen molar-refractivity contribution >= 4 is 5.96 Å². The molecule has 1 aromatic heterocycles. The van der Waals surface area contributed by atoms with E-state index in [1.54, 1.807) is 13.2 Å². The first-order chi connectivity index (χ1) is 13.4. The number of halogens is 3. The topological polar surface area (TPSA) is 58.5 Å². The minimum atomic E-state index is -4.32. The summed E-state index contributed by atoms with van der Waals surface area (Å²) in [6, 6.07) is 8.83. The fraction of sp³-hybridized carbons (Fsp3) is 0.400. The quantitative estimate of drug-likeness (QED) is 0.557. The van der Waals surface area contributed by atoms with Crippen LogP contribution < -0.4 is 15.4 Å². The third-order valence-corrected chi connectivity index (χ3v) is 4.39. The molecule has 1 aliphatic carbocycles. The number of benzene rings is 1. The number of aliphatic imine (C=N–C) groups is 1. The van der Waals surface area contributed by atoms with Crippen LogP contribution in [0.1, 0.15) is 29.5 Å². The van der Waals surface area contributed by atoms with Gasteiger partial charge in [0, 0.05) is 32.4 Å². The third-order valence-electron chi connectivity index (χ3n) is 4.39. The van der Waals surface area contributed by atoms with E-state index in [9.17, 15) is 13.2 Å². The van der Waals surface area contributed by atoms with E-state index in [2.05, 4.69) is 20.6 Å². The number of pyridine rings is 1. The molecule has 8 heteroatoms. The molecule has 5 nitrogen and oxygen atoms in total. The van der Waals surface area contributed by atoms with Gasteiger partial charge in [-0.05, 0) is 42.0 Å². The molecule has 28 heavy (non-hydrogen) atoms. The third kappa shape index (κ3) is 6.14. The van der Waals surface area contributed by atoms with Crippen LogP contribution in [0.25, 0.3) is 0 Å². The number of guanidine groups is 1. The average molecular weight is 392 g/mol. The summed E-state index contributed by atoms with van der Waals surface area (Å²) < 4.78 is 43.4. The summed E-state index contributed by atoms with van der Waals surface area (Å²) in [4.78, 5) is 8.41. The lowest BCUT2D eigenvalue weighted by atomic mass is 10.1.